The van der Waals surface area contributed by atoms with Gasteiger partial charge in [-0.15, -0.1) is 0 Å². The Morgan fingerprint density at radius 3 is 2.62 bits per heavy atom. The van der Waals surface area contributed by atoms with Gasteiger partial charge in [-0.25, -0.2) is 17.9 Å². The first-order valence-corrected chi connectivity index (χ1v) is 9.64. The highest BCUT2D eigenvalue weighted by Gasteiger charge is 2.20. The molecule has 1 unspecified atom stereocenters. The summed E-state index contributed by atoms with van der Waals surface area (Å²) in [6.07, 6.45) is 0. The maximum Gasteiger partial charge on any atom is 0.254 e. The summed E-state index contributed by atoms with van der Waals surface area (Å²) in [6.45, 7) is 1.84. The van der Waals surface area contributed by atoms with Crippen LogP contribution in [0.15, 0.2) is 21.5 Å². The second-order valence-electron chi connectivity index (χ2n) is 4.00. The van der Waals surface area contributed by atoms with Crippen LogP contribution in [-0.2, 0) is 20.8 Å². The van der Waals surface area contributed by atoms with Crippen molar-refractivity contribution in [3.8, 4) is 0 Å². The van der Waals surface area contributed by atoms with Crippen LogP contribution in [0.3, 0.4) is 0 Å². The number of hydrogen-bond acceptors (Lipinski definition) is 4. The van der Waals surface area contributed by atoms with E-state index in [9.17, 15) is 21.8 Å². The molecule has 1 amide bonds. The molecule has 1 atom stereocenters. The number of nitrogens with one attached hydrogen (secondary N) is 1. The summed E-state index contributed by atoms with van der Waals surface area (Å²) in [4.78, 5) is 11.4. The molecule has 0 aromatic heterocycles. The van der Waals surface area contributed by atoms with E-state index < -0.39 is 38.1 Å². The molecule has 0 aliphatic heterocycles. The molecule has 0 spiro atoms. The average Bonchev–Trinajstić information content (AvgIpc) is 2.36. The topological polar surface area (TPSA) is 106 Å². The highest BCUT2D eigenvalue weighted by molar-refractivity contribution is 9.10. The molecule has 0 aliphatic rings. The Morgan fingerprint density at radius 1 is 1.48 bits per heavy atom. The van der Waals surface area contributed by atoms with Gasteiger partial charge >= 0.3 is 0 Å². The molecule has 0 aliphatic carbocycles. The van der Waals surface area contributed by atoms with Gasteiger partial charge in [-0.05, 0) is 28.1 Å². The van der Waals surface area contributed by atoms with Crippen LogP contribution < -0.4 is 10.5 Å². The van der Waals surface area contributed by atoms with Crippen molar-refractivity contribution in [2.45, 2.75) is 11.8 Å². The van der Waals surface area contributed by atoms with Gasteiger partial charge in [0, 0.05) is 33.3 Å². The van der Waals surface area contributed by atoms with Gasteiger partial charge in [0.2, 0.25) is 10.0 Å². The van der Waals surface area contributed by atoms with E-state index in [0.717, 1.165) is 12.1 Å². The van der Waals surface area contributed by atoms with Crippen molar-refractivity contribution < 1.29 is 21.8 Å². The van der Waals surface area contributed by atoms with E-state index in [1.54, 1.807) is 6.92 Å². The van der Waals surface area contributed by atoms with Crippen LogP contribution in [0.5, 0.6) is 0 Å². The van der Waals surface area contributed by atoms with Crippen molar-refractivity contribution in [3.05, 3.63) is 28.0 Å². The van der Waals surface area contributed by atoms with E-state index in [4.69, 9.17) is 5.14 Å². The Labute approximate surface area is 132 Å². The molecule has 0 saturated carbocycles. The van der Waals surface area contributed by atoms with E-state index in [1.807, 2.05) is 0 Å². The molecular formula is C11H14BrFN2O4S2. The lowest BCUT2D eigenvalue weighted by atomic mass is 10.2. The Hall–Kier alpha value is -0.840. The lowest BCUT2D eigenvalue weighted by Gasteiger charge is -2.09. The first-order valence-electron chi connectivity index (χ1n) is 5.81. The van der Waals surface area contributed by atoms with Gasteiger partial charge in [-0.3, -0.25) is 9.00 Å². The lowest BCUT2D eigenvalue weighted by molar-refractivity contribution is 0.0952. The molecule has 10 heteroatoms. The Kier molecular flexibility index (Phi) is 6.44. The van der Waals surface area contributed by atoms with E-state index >= 15 is 0 Å². The molecule has 0 bridgehead atoms. The zero-order valence-corrected chi connectivity index (χ0v) is 14.3. The maximum absolute atomic E-state index is 13.7. The fourth-order valence-electron chi connectivity index (χ4n) is 1.44. The zero-order valence-electron chi connectivity index (χ0n) is 11.1. The van der Waals surface area contributed by atoms with E-state index in [1.165, 1.54) is 0 Å². The molecule has 0 heterocycles. The molecule has 1 aromatic rings. The van der Waals surface area contributed by atoms with Crippen molar-refractivity contribution in [3.63, 3.8) is 0 Å². The van der Waals surface area contributed by atoms with Crippen LogP contribution in [0.25, 0.3) is 0 Å². The second kappa shape index (κ2) is 7.43. The molecule has 0 saturated heterocycles. The minimum Gasteiger partial charge on any atom is -0.351 e. The molecular weight excluding hydrogens is 387 g/mol. The van der Waals surface area contributed by atoms with Crippen LogP contribution in [0.1, 0.15) is 17.3 Å². The third kappa shape index (κ3) is 5.13. The number of rotatable bonds is 6. The third-order valence-corrected chi connectivity index (χ3v) is 5.68. The number of hydrogen-bond donors (Lipinski definition) is 2. The van der Waals surface area contributed by atoms with Gasteiger partial charge in [0.1, 0.15) is 5.82 Å². The number of halogens is 2. The smallest absolute Gasteiger partial charge is 0.254 e. The Bertz CT molecular complexity index is 679. The summed E-state index contributed by atoms with van der Waals surface area (Å²) in [5.41, 5.74) is -0.440. The quantitative estimate of drug-likeness (QED) is 0.733. The molecule has 0 fully saturated rings. The predicted octanol–water partition coefficient (Wildman–Crippen LogP) is 0.734. The number of carbonyl (C=O) groups excluding carboxylic acids is 1. The molecule has 3 N–H and O–H groups in total. The maximum atomic E-state index is 13.7. The van der Waals surface area contributed by atoms with E-state index in [0.29, 0.717) is 5.75 Å². The van der Waals surface area contributed by atoms with Crippen LogP contribution in [0, 0.1) is 5.82 Å². The molecule has 0 radical (unpaired) electrons. The number of amides is 1. The van der Waals surface area contributed by atoms with E-state index in [-0.39, 0.29) is 21.7 Å². The first-order chi connectivity index (χ1) is 9.66. The minimum atomic E-state index is -4.09. The highest BCUT2D eigenvalue weighted by atomic mass is 79.9. The molecule has 1 aromatic carbocycles. The summed E-state index contributed by atoms with van der Waals surface area (Å²) < 4.78 is 47.6. The molecule has 1 rings (SSSR count). The van der Waals surface area contributed by atoms with Crippen LogP contribution in [0.4, 0.5) is 4.39 Å². The Balaban J connectivity index is 2.97. The SMILES string of the molecule is CCS(=O)CCNC(=O)c1cc(S(N)(=O)=O)c(Br)cc1F. The highest BCUT2D eigenvalue weighted by Crippen LogP contribution is 2.24. The summed E-state index contributed by atoms with van der Waals surface area (Å²) in [6, 6.07) is 1.72. The molecule has 118 valence electrons. The minimum absolute atomic E-state index is 0.0638. The predicted molar refractivity (Wildman–Crippen MR) is 81.4 cm³/mol. The van der Waals surface area contributed by atoms with Gasteiger partial charge in [-0.1, -0.05) is 6.92 Å². The van der Waals surface area contributed by atoms with Crippen LogP contribution >= 0.6 is 15.9 Å². The van der Waals surface area contributed by atoms with Crippen LogP contribution in [0.2, 0.25) is 0 Å². The third-order valence-electron chi connectivity index (χ3n) is 2.51. The fraction of sp³-hybridized carbons (Fsp3) is 0.364. The van der Waals surface area contributed by atoms with Crippen molar-refractivity contribution in [1.29, 1.82) is 0 Å². The largest absolute Gasteiger partial charge is 0.351 e. The van der Waals surface area contributed by atoms with Gasteiger partial charge in [0.05, 0.1) is 10.5 Å². The fourth-order valence-corrected chi connectivity index (χ4v) is 3.66. The van der Waals surface area contributed by atoms with E-state index in [2.05, 4.69) is 21.2 Å². The monoisotopic (exact) mass is 400 g/mol. The summed E-state index contributed by atoms with van der Waals surface area (Å²) in [5, 5.41) is 7.36. The van der Waals surface area contributed by atoms with Crippen molar-refractivity contribution in [1.82, 2.24) is 5.32 Å². The summed E-state index contributed by atoms with van der Waals surface area (Å²) >= 11 is 2.88. The van der Waals surface area contributed by atoms with Gasteiger partial charge in [0.25, 0.3) is 5.91 Å². The van der Waals surface area contributed by atoms with Gasteiger partial charge in [-0.2, -0.15) is 0 Å². The standard InChI is InChI=1S/C11H14BrFN2O4S2/c1-2-20(17)4-3-15-11(16)7-5-10(21(14,18)19)8(12)6-9(7)13/h5-6H,2-4H2,1H3,(H,15,16)(H2,14,18,19). The average molecular weight is 401 g/mol. The van der Waals surface area contributed by atoms with Crippen molar-refractivity contribution in [2.24, 2.45) is 5.14 Å². The van der Waals surface area contributed by atoms with Gasteiger partial charge in [0.15, 0.2) is 0 Å². The second-order valence-corrected chi connectivity index (χ2v) is 8.25. The normalized spacial score (nSPS) is 13.0. The number of sulfonamides is 1. The van der Waals surface area contributed by atoms with Gasteiger partial charge < -0.3 is 5.32 Å². The lowest BCUT2D eigenvalue weighted by Crippen LogP contribution is -2.29. The molecule has 6 nitrogen and oxygen atoms in total. The number of nitrogens with two attached hydrogens (primary N) is 1. The zero-order chi connectivity index (χ0) is 16.2. The number of carbonyl (C=O) groups is 1. The summed E-state index contributed by atoms with van der Waals surface area (Å²) in [5.74, 6) is -0.984. The first kappa shape index (κ1) is 18.2. The number of benzene rings is 1. The number of primary sulfonamides is 1. The summed E-state index contributed by atoms with van der Waals surface area (Å²) in [7, 11) is -5.15. The van der Waals surface area contributed by atoms with Crippen LogP contribution in [-0.4, -0.2) is 36.6 Å². The Morgan fingerprint density at radius 2 is 2.10 bits per heavy atom. The van der Waals surface area contributed by atoms with Crippen molar-refractivity contribution in [2.75, 3.05) is 18.1 Å². The van der Waals surface area contributed by atoms with Crippen molar-refractivity contribution >= 4 is 42.7 Å². The molecule has 21 heavy (non-hydrogen) atoms.